The van der Waals surface area contributed by atoms with Crippen molar-refractivity contribution in [3.63, 3.8) is 0 Å². The molecular formula is C14H10ClN3O2. The Balaban J connectivity index is 2.07. The zero-order valence-corrected chi connectivity index (χ0v) is 11.0. The van der Waals surface area contributed by atoms with Crippen molar-refractivity contribution in [2.75, 3.05) is 5.73 Å². The maximum Gasteiger partial charge on any atom is 0.335 e. The van der Waals surface area contributed by atoms with Gasteiger partial charge in [0.15, 0.2) is 0 Å². The molecule has 5 nitrogen and oxygen atoms in total. The maximum atomic E-state index is 10.8. The van der Waals surface area contributed by atoms with E-state index in [1.165, 1.54) is 12.1 Å². The summed E-state index contributed by atoms with van der Waals surface area (Å²) in [7, 11) is 0. The number of benzene rings is 2. The van der Waals surface area contributed by atoms with Crippen LogP contribution in [0.3, 0.4) is 0 Å². The highest BCUT2D eigenvalue weighted by Gasteiger charge is 2.09. The summed E-state index contributed by atoms with van der Waals surface area (Å²) in [6.45, 7) is 0. The lowest BCUT2D eigenvalue weighted by molar-refractivity contribution is 0.0697. The van der Waals surface area contributed by atoms with E-state index in [0.717, 1.165) is 11.1 Å². The zero-order valence-electron chi connectivity index (χ0n) is 10.2. The number of hydrogen-bond donors (Lipinski definition) is 3. The van der Waals surface area contributed by atoms with Crippen molar-refractivity contribution in [1.29, 1.82) is 0 Å². The second-order valence-corrected chi connectivity index (χ2v) is 4.77. The van der Waals surface area contributed by atoms with Gasteiger partial charge < -0.3 is 15.8 Å². The van der Waals surface area contributed by atoms with Gasteiger partial charge in [-0.15, -0.1) is 0 Å². The molecule has 0 aliphatic carbocycles. The van der Waals surface area contributed by atoms with E-state index in [0.29, 0.717) is 22.1 Å². The zero-order chi connectivity index (χ0) is 14.3. The Labute approximate surface area is 119 Å². The summed E-state index contributed by atoms with van der Waals surface area (Å²) >= 11 is 5.96. The molecule has 1 aromatic heterocycles. The van der Waals surface area contributed by atoms with Crippen LogP contribution in [0.1, 0.15) is 10.4 Å². The van der Waals surface area contributed by atoms with Crippen molar-refractivity contribution < 1.29 is 9.90 Å². The SMILES string of the molecule is Nc1cc2nc(-c3ccc(C(=O)O)cc3)[nH]c2cc1Cl. The van der Waals surface area contributed by atoms with E-state index in [9.17, 15) is 4.79 Å². The van der Waals surface area contributed by atoms with Crippen molar-refractivity contribution in [1.82, 2.24) is 9.97 Å². The number of hydrogen-bond acceptors (Lipinski definition) is 3. The van der Waals surface area contributed by atoms with Crippen LogP contribution in [0.25, 0.3) is 22.4 Å². The molecule has 3 aromatic rings. The number of anilines is 1. The van der Waals surface area contributed by atoms with Gasteiger partial charge in [0.25, 0.3) is 0 Å². The normalized spacial score (nSPS) is 10.8. The number of nitrogens with one attached hydrogen (secondary N) is 1. The first-order valence-corrected chi connectivity index (χ1v) is 6.21. The molecule has 0 saturated heterocycles. The minimum Gasteiger partial charge on any atom is -0.478 e. The van der Waals surface area contributed by atoms with Crippen molar-refractivity contribution in [3.05, 3.63) is 47.0 Å². The van der Waals surface area contributed by atoms with Gasteiger partial charge in [0, 0.05) is 5.56 Å². The Morgan fingerprint density at radius 1 is 1.25 bits per heavy atom. The third-order valence-electron chi connectivity index (χ3n) is 3.01. The lowest BCUT2D eigenvalue weighted by Gasteiger charge is -1.97. The molecule has 0 spiro atoms. The van der Waals surface area contributed by atoms with Crippen LogP contribution in [0, 0.1) is 0 Å². The predicted octanol–water partition coefficient (Wildman–Crippen LogP) is 3.16. The van der Waals surface area contributed by atoms with Gasteiger partial charge in [-0.1, -0.05) is 23.7 Å². The first kappa shape index (κ1) is 12.5. The average molecular weight is 288 g/mol. The van der Waals surface area contributed by atoms with Gasteiger partial charge in [-0.3, -0.25) is 0 Å². The van der Waals surface area contributed by atoms with Gasteiger partial charge in [0.1, 0.15) is 5.82 Å². The molecular weight excluding hydrogens is 278 g/mol. The van der Waals surface area contributed by atoms with Crippen LogP contribution >= 0.6 is 11.6 Å². The quantitative estimate of drug-likeness (QED) is 0.631. The number of aromatic carboxylic acids is 1. The summed E-state index contributed by atoms with van der Waals surface area (Å²) in [5.74, 6) is -0.320. The number of nitrogens with zero attached hydrogens (tertiary/aromatic N) is 1. The fourth-order valence-electron chi connectivity index (χ4n) is 1.95. The lowest BCUT2D eigenvalue weighted by Crippen LogP contribution is -1.95. The van der Waals surface area contributed by atoms with Crippen LogP contribution in [0.5, 0.6) is 0 Å². The standard InChI is InChI=1S/C14H10ClN3O2/c15-9-5-11-12(6-10(9)16)18-13(17-11)7-1-3-8(4-2-7)14(19)20/h1-6H,16H2,(H,17,18)(H,19,20). The molecule has 0 fully saturated rings. The van der Waals surface area contributed by atoms with E-state index >= 15 is 0 Å². The summed E-state index contributed by atoms with van der Waals surface area (Å²) in [5.41, 5.74) is 8.72. The smallest absolute Gasteiger partial charge is 0.335 e. The van der Waals surface area contributed by atoms with Crippen LogP contribution in [0.15, 0.2) is 36.4 Å². The number of aromatic amines is 1. The van der Waals surface area contributed by atoms with Gasteiger partial charge >= 0.3 is 5.97 Å². The molecule has 3 rings (SSSR count). The lowest BCUT2D eigenvalue weighted by atomic mass is 10.1. The molecule has 0 bridgehead atoms. The number of halogens is 1. The van der Waals surface area contributed by atoms with Gasteiger partial charge in [0.05, 0.1) is 27.3 Å². The van der Waals surface area contributed by atoms with E-state index in [1.54, 1.807) is 24.3 Å². The monoisotopic (exact) mass is 287 g/mol. The molecule has 0 radical (unpaired) electrons. The second kappa shape index (κ2) is 4.54. The molecule has 0 unspecified atom stereocenters. The van der Waals surface area contributed by atoms with Crippen LogP contribution in [0.2, 0.25) is 5.02 Å². The number of carbonyl (C=O) groups is 1. The second-order valence-electron chi connectivity index (χ2n) is 4.36. The van der Waals surface area contributed by atoms with E-state index in [2.05, 4.69) is 9.97 Å². The fraction of sp³-hybridized carbons (Fsp3) is 0. The molecule has 0 amide bonds. The van der Waals surface area contributed by atoms with E-state index in [-0.39, 0.29) is 5.56 Å². The summed E-state index contributed by atoms with van der Waals surface area (Å²) in [6, 6.07) is 9.88. The minimum atomic E-state index is -0.958. The highest BCUT2D eigenvalue weighted by atomic mass is 35.5. The molecule has 0 aliphatic rings. The van der Waals surface area contributed by atoms with Gasteiger partial charge in [-0.2, -0.15) is 0 Å². The van der Waals surface area contributed by atoms with Gasteiger partial charge in [-0.25, -0.2) is 9.78 Å². The summed E-state index contributed by atoms with van der Waals surface area (Å²) < 4.78 is 0. The number of nitrogens with two attached hydrogens (primary N) is 1. The van der Waals surface area contributed by atoms with Crippen LogP contribution < -0.4 is 5.73 Å². The molecule has 0 atom stereocenters. The number of imidazole rings is 1. The Bertz CT molecular complexity index is 770. The third kappa shape index (κ3) is 2.08. The summed E-state index contributed by atoms with van der Waals surface area (Å²) in [6.07, 6.45) is 0. The van der Waals surface area contributed by atoms with Gasteiger partial charge in [-0.05, 0) is 24.3 Å². The number of carboxylic acids is 1. The Kier molecular flexibility index (Phi) is 2.84. The molecule has 6 heteroatoms. The van der Waals surface area contributed by atoms with E-state index in [4.69, 9.17) is 22.4 Å². The maximum absolute atomic E-state index is 10.8. The molecule has 4 N–H and O–H groups in total. The molecule has 20 heavy (non-hydrogen) atoms. The Morgan fingerprint density at radius 2 is 1.95 bits per heavy atom. The number of H-pyrrole nitrogens is 1. The van der Waals surface area contributed by atoms with E-state index in [1.807, 2.05) is 0 Å². The topological polar surface area (TPSA) is 92.0 Å². The molecule has 1 heterocycles. The van der Waals surface area contributed by atoms with Crippen LogP contribution in [-0.4, -0.2) is 21.0 Å². The highest BCUT2D eigenvalue weighted by molar-refractivity contribution is 6.33. The number of aromatic nitrogens is 2. The molecule has 0 aliphatic heterocycles. The minimum absolute atomic E-state index is 0.233. The number of carboxylic acid groups (broad SMARTS) is 1. The first-order valence-electron chi connectivity index (χ1n) is 5.83. The first-order chi connectivity index (χ1) is 9.54. The highest BCUT2D eigenvalue weighted by Crippen LogP contribution is 2.27. The number of nitrogen functional groups attached to an aromatic ring is 1. The Hall–Kier alpha value is -2.53. The molecule has 100 valence electrons. The number of rotatable bonds is 2. The molecule has 2 aromatic carbocycles. The molecule has 0 saturated carbocycles. The average Bonchev–Trinajstić information content (AvgIpc) is 2.82. The van der Waals surface area contributed by atoms with Crippen molar-refractivity contribution >= 4 is 34.3 Å². The number of fused-ring (bicyclic) bond motifs is 1. The third-order valence-corrected chi connectivity index (χ3v) is 3.33. The van der Waals surface area contributed by atoms with Gasteiger partial charge in [0.2, 0.25) is 0 Å². The largest absolute Gasteiger partial charge is 0.478 e. The van der Waals surface area contributed by atoms with Crippen LogP contribution in [0.4, 0.5) is 5.69 Å². The summed E-state index contributed by atoms with van der Waals surface area (Å²) in [4.78, 5) is 18.4. The Morgan fingerprint density at radius 3 is 2.60 bits per heavy atom. The van der Waals surface area contributed by atoms with Crippen molar-refractivity contribution in [2.24, 2.45) is 0 Å². The summed E-state index contributed by atoms with van der Waals surface area (Å²) in [5, 5.41) is 9.34. The van der Waals surface area contributed by atoms with E-state index < -0.39 is 5.97 Å². The predicted molar refractivity (Wildman–Crippen MR) is 77.9 cm³/mol. The van der Waals surface area contributed by atoms with Crippen molar-refractivity contribution in [2.45, 2.75) is 0 Å². The fourth-order valence-corrected chi connectivity index (χ4v) is 2.12. The van der Waals surface area contributed by atoms with Crippen molar-refractivity contribution in [3.8, 4) is 11.4 Å². The van der Waals surface area contributed by atoms with Crippen LogP contribution in [-0.2, 0) is 0 Å².